The Morgan fingerprint density at radius 3 is 2.53 bits per heavy atom. The summed E-state index contributed by atoms with van der Waals surface area (Å²) in [5.41, 5.74) is 0.414. The van der Waals surface area contributed by atoms with Crippen molar-refractivity contribution < 1.29 is 14.0 Å². The predicted octanol–water partition coefficient (Wildman–Crippen LogP) is 2.51. The average molecular weight is 426 g/mol. The van der Waals surface area contributed by atoms with Gasteiger partial charge in [-0.25, -0.2) is 9.29 Å². The third-order valence-corrected chi connectivity index (χ3v) is 6.51. The third-order valence-electron chi connectivity index (χ3n) is 5.64. The Morgan fingerprint density at radius 2 is 1.83 bits per heavy atom. The number of carbonyl (C=O) groups excluding carboxylic acids is 2. The van der Waals surface area contributed by atoms with Gasteiger partial charge >= 0.3 is 0 Å². The molecule has 0 bridgehead atoms. The maximum Gasteiger partial charge on any atom is 0.251 e. The molecule has 0 radical (unpaired) electrons. The molecule has 0 spiro atoms. The first-order valence-electron chi connectivity index (χ1n) is 9.80. The topological polar surface area (TPSA) is 84.2 Å². The van der Waals surface area contributed by atoms with E-state index in [1.807, 2.05) is 17.5 Å². The predicted molar refractivity (Wildman–Crippen MR) is 108 cm³/mol. The number of likely N-dealkylation sites (tertiary alicyclic amines) is 1. The molecule has 0 N–H and O–H groups in total. The zero-order chi connectivity index (χ0) is 20.7. The molecule has 2 amide bonds. The van der Waals surface area contributed by atoms with Crippen molar-refractivity contribution in [3.8, 4) is 10.7 Å². The van der Waals surface area contributed by atoms with Crippen LogP contribution in [-0.4, -0.2) is 56.1 Å². The summed E-state index contributed by atoms with van der Waals surface area (Å²) < 4.78 is 13.2. The number of thiophene rings is 1. The number of hydrogen-bond donors (Lipinski definition) is 0. The van der Waals surface area contributed by atoms with Crippen molar-refractivity contribution in [2.45, 2.75) is 31.3 Å². The van der Waals surface area contributed by atoms with Gasteiger partial charge in [0.2, 0.25) is 11.7 Å². The van der Waals surface area contributed by atoms with Gasteiger partial charge in [0.15, 0.2) is 0 Å². The van der Waals surface area contributed by atoms with Crippen molar-refractivity contribution >= 4 is 28.8 Å². The van der Waals surface area contributed by atoms with Crippen molar-refractivity contribution in [1.29, 1.82) is 0 Å². The summed E-state index contributed by atoms with van der Waals surface area (Å²) in [7, 11) is 0. The molecule has 2 aromatic heterocycles. The molecule has 8 nitrogen and oxygen atoms in total. The van der Waals surface area contributed by atoms with Gasteiger partial charge in [0.05, 0.1) is 29.1 Å². The highest BCUT2D eigenvalue weighted by atomic mass is 32.1. The van der Waals surface area contributed by atoms with E-state index in [9.17, 15) is 14.0 Å². The van der Waals surface area contributed by atoms with Crippen molar-refractivity contribution in [3.63, 3.8) is 0 Å². The lowest BCUT2D eigenvalue weighted by molar-refractivity contribution is -0.123. The molecule has 1 atom stereocenters. The maximum atomic E-state index is 13.2. The molecule has 5 rings (SSSR count). The molecule has 10 heteroatoms. The number of halogens is 1. The Kier molecular flexibility index (Phi) is 4.87. The zero-order valence-electron chi connectivity index (χ0n) is 16.0. The minimum absolute atomic E-state index is 0.114. The average Bonchev–Trinajstić information content (AvgIpc) is 3.50. The molecule has 0 aliphatic carbocycles. The SMILES string of the molecule is O=C1C[C@@H](N2CCC(n3nnc(-c4cccs4)n3)CC2)C(=O)N1c1ccc(F)cc1. The Balaban J connectivity index is 1.24. The first-order chi connectivity index (χ1) is 14.6. The molecule has 2 aliphatic rings. The number of benzene rings is 1. The number of carbonyl (C=O) groups is 2. The van der Waals surface area contributed by atoms with Gasteiger partial charge in [-0.15, -0.1) is 21.5 Å². The molecule has 154 valence electrons. The van der Waals surface area contributed by atoms with Crippen LogP contribution in [0.5, 0.6) is 0 Å². The Bertz CT molecular complexity index is 1060. The van der Waals surface area contributed by atoms with E-state index in [-0.39, 0.29) is 24.3 Å². The van der Waals surface area contributed by atoms with Crippen LogP contribution in [0.2, 0.25) is 0 Å². The fourth-order valence-corrected chi connectivity index (χ4v) is 4.72. The van der Waals surface area contributed by atoms with E-state index in [1.54, 1.807) is 16.1 Å². The lowest BCUT2D eigenvalue weighted by Gasteiger charge is -2.34. The molecular formula is C20H19FN6O2S. The minimum Gasteiger partial charge on any atom is -0.291 e. The summed E-state index contributed by atoms with van der Waals surface area (Å²) in [5, 5.41) is 14.8. The molecule has 2 saturated heterocycles. The van der Waals surface area contributed by atoms with Crippen LogP contribution in [0, 0.1) is 5.82 Å². The van der Waals surface area contributed by atoms with Crippen LogP contribution in [0.1, 0.15) is 25.3 Å². The number of aromatic nitrogens is 4. The summed E-state index contributed by atoms with van der Waals surface area (Å²) >= 11 is 1.57. The third kappa shape index (κ3) is 3.41. The molecular weight excluding hydrogens is 407 g/mol. The minimum atomic E-state index is -0.478. The molecule has 0 unspecified atom stereocenters. The first-order valence-corrected chi connectivity index (χ1v) is 10.7. The van der Waals surface area contributed by atoms with Gasteiger partial charge in [0.1, 0.15) is 5.82 Å². The summed E-state index contributed by atoms with van der Waals surface area (Å²) in [5.74, 6) is -0.277. The number of imide groups is 1. The monoisotopic (exact) mass is 426 g/mol. The molecule has 0 saturated carbocycles. The Labute approximate surface area is 175 Å². The number of tetrazole rings is 1. The van der Waals surface area contributed by atoms with E-state index in [0.717, 1.165) is 17.7 Å². The largest absolute Gasteiger partial charge is 0.291 e. The van der Waals surface area contributed by atoms with Gasteiger partial charge < -0.3 is 0 Å². The van der Waals surface area contributed by atoms with Crippen molar-refractivity contribution in [1.82, 2.24) is 25.1 Å². The second-order valence-corrected chi connectivity index (χ2v) is 8.39. The summed E-state index contributed by atoms with van der Waals surface area (Å²) in [6, 6.07) is 8.98. The summed E-state index contributed by atoms with van der Waals surface area (Å²) in [6.45, 7) is 1.34. The molecule has 2 fully saturated rings. The van der Waals surface area contributed by atoms with Crippen molar-refractivity contribution in [2.24, 2.45) is 0 Å². The van der Waals surface area contributed by atoms with Crippen LogP contribution >= 0.6 is 11.3 Å². The number of anilines is 1. The van der Waals surface area contributed by atoms with Crippen LogP contribution in [0.4, 0.5) is 10.1 Å². The summed E-state index contributed by atoms with van der Waals surface area (Å²) in [4.78, 5) is 31.3. The van der Waals surface area contributed by atoms with Crippen LogP contribution < -0.4 is 4.90 Å². The van der Waals surface area contributed by atoms with Crippen LogP contribution in [0.3, 0.4) is 0 Å². The van der Waals surface area contributed by atoms with E-state index in [0.29, 0.717) is 24.6 Å². The second-order valence-electron chi connectivity index (χ2n) is 7.44. The molecule has 2 aliphatic heterocycles. The first kappa shape index (κ1) is 19.0. The number of piperidine rings is 1. The number of nitrogens with zero attached hydrogens (tertiary/aromatic N) is 6. The molecule has 1 aromatic carbocycles. The van der Waals surface area contributed by atoms with Gasteiger partial charge in [-0.1, -0.05) is 6.07 Å². The normalized spacial score (nSPS) is 21.0. The van der Waals surface area contributed by atoms with Crippen LogP contribution in [0.25, 0.3) is 10.7 Å². The highest BCUT2D eigenvalue weighted by Gasteiger charge is 2.43. The quantitative estimate of drug-likeness (QED) is 0.596. The van der Waals surface area contributed by atoms with E-state index in [2.05, 4.69) is 20.3 Å². The lowest BCUT2D eigenvalue weighted by Crippen LogP contribution is -2.46. The van der Waals surface area contributed by atoms with Crippen molar-refractivity contribution in [3.05, 3.63) is 47.6 Å². The Hall–Kier alpha value is -2.98. The molecule has 30 heavy (non-hydrogen) atoms. The fourth-order valence-electron chi connectivity index (χ4n) is 4.08. The van der Waals surface area contributed by atoms with Crippen LogP contribution in [-0.2, 0) is 9.59 Å². The van der Waals surface area contributed by atoms with E-state index >= 15 is 0 Å². The number of amides is 2. The van der Waals surface area contributed by atoms with Gasteiger partial charge in [-0.3, -0.25) is 14.5 Å². The van der Waals surface area contributed by atoms with Crippen LogP contribution in [0.15, 0.2) is 41.8 Å². The van der Waals surface area contributed by atoms with Crippen molar-refractivity contribution in [2.75, 3.05) is 18.0 Å². The van der Waals surface area contributed by atoms with E-state index in [1.165, 1.54) is 29.2 Å². The zero-order valence-corrected chi connectivity index (χ0v) is 16.8. The number of hydrogen-bond acceptors (Lipinski definition) is 7. The van der Waals surface area contributed by atoms with E-state index in [4.69, 9.17) is 0 Å². The highest BCUT2D eigenvalue weighted by molar-refractivity contribution is 7.13. The van der Waals surface area contributed by atoms with Gasteiger partial charge in [0.25, 0.3) is 5.91 Å². The smallest absolute Gasteiger partial charge is 0.251 e. The lowest BCUT2D eigenvalue weighted by atomic mass is 10.0. The number of rotatable bonds is 4. The molecule has 3 aromatic rings. The maximum absolute atomic E-state index is 13.2. The van der Waals surface area contributed by atoms with Gasteiger partial charge in [-0.2, -0.15) is 4.80 Å². The summed E-state index contributed by atoms with van der Waals surface area (Å²) in [6.07, 6.45) is 1.69. The standard InChI is InChI=1S/C20H19FN6O2S/c21-13-3-5-14(6-4-13)26-18(28)12-16(20(26)29)25-9-7-15(8-10-25)27-23-19(22-24-27)17-2-1-11-30-17/h1-6,11,15-16H,7-10,12H2/t16-/m1/s1. The van der Waals surface area contributed by atoms with Gasteiger partial charge in [0, 0.05) is 13.1 Å². The van der Waals surface area contributed by atoms with E-state index < -0.39 is 11.9 Å². The Morgan fingerprint density at radius 1 is 1.07 bits per heavy atom. The highest BCUT2D eigenvalue weighted by Crippen LogP contribution is 2.30. The van der Waals surface area contributed by atoms with Gasteiger partial charge in [-0.05, 0) is 53.8 Å². The second kappa shape index (κ2) is 7.69. The molecule has 4 heterocycles. The fraction of sp³-hybridized carbons (Fsp3) is 0.350.